The van der Waals surface area contributed by atoms with Gasteiger partial charge in [-0.25, -0.2) is 13.9 Å². The van der Waals surface area contributed by atoms with E-state index >= 15 is 0 Å². The number of carbonyl (C=O) groups is 1. The first-order valence-corrected chi connectivity index (χ1v) is 8.96. The van der Waals surface area contributed by atoms with Gasteiger partial charge in [0.25, 0.3) is 5.91 Å². The van der Waals surface area contributed by atoms with Gasteiger partial charge in [-0.1, -0.05) is 29.9 Å². The number of aromatic nitrogens is 3. The molecule has 0 spiro atoms. The van der Waals surface area contributed by atoms with E-state index in [1.807, 2.05) is 19.9 Å². The third-order valence-corrected chi connectivity index (χ3v) is 5.32. The molecule has 0 N–H and O–H groups in total. The van der Waals surface area contributed by atoms with Crippen LogP contribution in [-0.4, -0.2) is 38.5 Å². The molecule has 24 heavy (non-hydrogen) atoms. The van der Waals surface area contributed by atoms with Crippen LogP contribution in [0.5, 0.6) is 0 Å². The Balaban J connectivity index is 1.74. The van der Waals surface area contributed by atoms with Crippen LogP contribution in [-0.2, 0) is 0 Å². The van der Waals surface area contributed by atoms with E-state index in [0.717, 1.165) is 17.1 Å². The molecule has 0 radical (unpaired) electrons. The third-order valence-electron chi connectivity index (χ3n) is 4.38. The number of aryl methyl sites for hydroxylation is 1. The number of halogens is 1. The zero-order chi connectivity index (χ0) is 17.3. The van der Waals surface area contributed by atoms with Crippen LogP contribution in [0.1, 0.15) is 42.3 Å². The van der Waals surface area contributed by atoms with Gasteiger partial charge in [0, 0.05) is 19.5 Å². The Hall–Kier alpha value is -2.02. The van der Waals surface area contributed by atoms with Crippen LogP contribution in [0.4, 0.5) is 4.39 Å². The van der Waals surface area contributed by atoms with Gasteiger partial charge < -0.3 is 4.90 Å². The van der Waals surface area contributed by atoms with Crippen LogP contribution >= 0.6 is 11.3 Å². The van der Waals surface area contributed by atoms with Crippen molar-refractivity contribution in [3.05, 3.63) is 40.6 Å². The molecular weight excluding hydrogens is 327 g/mol. The first-order chi connectivity index (χ1) is 11.5. The van der Waals surface area contributed by atoms with Crippen molar-refractivity contribution >= 4 is 22.1 Å². The quantitative estimate of drug-likeness (QED) is 0.826. The Kier molecular flexibility index (Phi) is 4.80. The monoisotopic (exact) mass is 348 g/mol. The van der Waals surface area contributed by atoms with Crippen LogP contribution in [0.15, 0.2) is 29.7 Å². The second-order valence-electron chi connectivity index (χ2n) is 6.06. The number of allylic oxidation sites excluding steroid dienone is 3. The molecule has 1 aliphatic rings. The Bertz CT molecular complexity index is 820. The lowest BCUT2D eigenvalue weighted by atomic mass is 9.92. The number of amides is 1. The van der Waals surface area contributed by atoms with Crippen LogP contribution in [0, 0.1) is 12.8 Å². The van der Waals surface area contributed by atoms with Crippen molar-refractivity contribution in [2.45, 2.75) is 33.6 Å². The molecule has 5 nitrogen and oxygen atoms in total. The van der Waals surface area contributed by atoms with E-state index < -0.39 is 0 Å². The second kappa shape index (κ2) is 6.84. The molecule has 0 saturated carbocycles. The molecule has 1 aliphatic carbocycles. The number of hydrogen-bond donors (Lipinski definition) is 0. The highest BCUT2D eigenvalue weighted by atomic mass is 32.1. The van der Waals surface area contributed by atoms with Crippen molar-refractivity contribution in [1.82, 2.24) is 19.5 Å². The summed E-state index contributed by atoms with van der Waals surface area (Å²) < 4.78 is 14.8. The van der Waals surface area contributed by atoms with Crippen molar-refractivity contribution in [3.63, 3.8) is 0 Å². The zero-order valence-electron chi connectivity index (χ0n) is 14.1. The molecule has 1 unspecified atom stereocenters. The molecule has 0 aromatic carbocycles. The second-order valence-corrected chi connectivity index (χ2v) is 7.07. The molecule has 2 heterocycles. The normalized spacial score (nSPS) is 16.0. The summed E-state index contributed by atoms with van der Waals surface area (Å²) in [4.78, 5) is 19.6. The predicted octanol–water partition coefficient (Wildman–Crippen LogP) is 3.77. The third kappa shape index (κ3) is 3.26. The predicted molar refractivity (Wildman–Crippen MR) is 92.9 cm³/mol. The van der Waals surface area contributed by atoms with Crippen LogP contribution in [0.2, 0.25) is 0 Å². The average molecular weight is 348 g/mol. The number of imidazole rings is 1. The van der Waals surface area contributed by atoms with Gasteiger partial charge in [0.05, 0.1) is 6.20 Å². The van der Waals surface area contributed by atoms with E-state index in [4.69, 9.17) is 0 Å². The number of hydrogen-bond acceptors (Lipinski definition) is 4. The highest BCUT2D eigenvalue weighted by molar-refractivity contribution is 7.18. The van der Waals surface area contributed by atoms with Crippen molar-refractivity contribution < 1.29 is 9.18 Å². The lowest BCUT2D eigenvalue weighted by Crippen LogP contribution is -2.35. The van der Waals surface area contributed by atoms with Gasteiger partial charge in [0.15, 0.2) is 0 Å². The molecule has 7 heteroatoms. The molecule has 0 aliphatic heterocycles. The largest absolute Gasteiger partial charge is 0.336 e. The Labute approximate surface area is 144 Å². The molecule has 0 fully saturated rings. The fourth-order valence-corrected chi connectivity index (χ4v) is 3.78. The summed E-state index contributed by atoms with van der Waals surface area (Å²) >= 11 is 1.36. The standard InChI is InChI=1S/C17H21FN4OS/c1-4-21(10-11(2)13-5-7-14(18)8-6-13)17(23)16-20-22-12(3)19-9-15(22)24-16/h5,7,9,11H,4,6,8,10H2,1-3H3. The fourth-order valence-electron chi connectivity index (χ4n) is 2.88. The molecule has 128 valence electrons. The summed E-state index contributed by atoms with van der Waals surface area (Å²) in [5.74, 6) is 0.845. The molecular formula is C17H21FN4OS. The summed E-state index contributed by atoms with van der Waals surface area (Å²) in [5, 5.41) is 4.86. The van der Waals surface area contributed by atoms with Crippen molar-refractivity contribution in [2.75, 3.05) is 13.1 Å². The molecule has 0 bridgehead atoms. The number of nitrogens with zero attached hydrogens (tertiary/aromatic N) is 4. The minimum Gasteiger partial charge on any atom is -0.336 e. The van der Waals surface area contributed by atoms with E-state index in [9.17, 15) is 9.18 Å². The summed E-state index contributed by atoms with van der Waals surface area (Å²) in [7, 11) is 0. The van der Waals surface area contributed by atoms with E-state index in [1.54, 1.807) is 15.6 Å². The topological polar surface area (TPSA) is 50.5 Å². The summed E-state index contributed by atoms with van der Waals surface area (Å²) in [6, 6.07) is 0. The number of rotatable bonds is 5. The van der Waals surface area contributed by atoms with Gasteiger partial charge >= 0.3 is 0 Å². The Morgan fingerprint density at radius 3 is 2.88 bits per heavy atom. The van der Waals surface area contributed by atoms with Gasteiger partial charge in [-0.05, 0) is 32.3 Å². The summed E-state index contributed by atoms with van der Waals surface area (Å²) in [6.07, 6.45) is 6.30. The Morgan fingerprint density at radius 1 is 1.46 bits per heavy atom. The molecule has 1 atom stereocenters. The molecule has 0 saturated heterocycles. The molecule has 3 rings (SSSR count). The van der Waals surface area contributed by atoms with Gasteiger partial charge in [0.2, 0.25) is 5.01 Å². The van der Waals surface area contributed by atoms with Gasteiger partial charge in [-0.3, -0.25) is 4.79 Å². The first kappa shape index (κ1) is 16.8. The maximum absolute atomic E-state index is 13.1. The van der Waals surface area contributed by atoms with Crippen molar-refractivity contribution in [2.24, 2.45) is 5.92 Å². The highest BCUT2D eigenvalue weighted by Crippen LogP contribution is 2.26. The van der Waals surface area contributed by atoms with Crippen molar-refractivity contribution in [1.29, 1.82) is 0 Å². The van der Waals surface area contributed by atoms with E-state index in [2.05, 4.69) is 17.0 Å². The van der Waals surface area contributed by atoms with Gasteiger partial charge in [-0.2, -0.15) is 0 Å². The maximum atomic E-state index is 13.1. The van der Waals surface area contributed by atoms with Crippen molar-refractivity contribution in [3.8, 4) is 0 Å². The molecule has 2 aromatic heterocycles. The zero-order valence-corrected chi connectivity index (χ0v) is 14.9. The summed E-state index contributed by atoms with van der Waals surface area (Å²) in [6.45, 7) is 7.14. The highest BCUT2D eigenvalue weighted by Gasteiger charge is 2.23. The molecule has 1 amide bonds. The molecule has 2 aromatic rings. The van der Waals surface area contributed by atoms with Gasteiger partial charge in [0.1, 0.15) is 16.5 Å². The smallest absolute Gasteiger partial charge is 0.284 e. The number of carbonyl (C=O) groups excluding carboxylic acids is 1. The fraction of sp³-hybridized carbons (Fsp3) is 0.471. The van der Waals surface area contributed by atoms with E-state index in [1.165, 1.54) is 23.0 Å². The maximum Gasteiger partial charge on any atom is 0.284 e. The van der Waals surface area contributed by atoms with E-state index in [-0.39, 0.29) is 17.7 Å². The van der Waals surface area contributed by atoms with Crippen LogP contribution < -0.4 is 0 Å². The van der Waals surface area contributed by atoms with E-state index in [0.29, 0.717) is 24.5 Å². The number of fused-ring (bicyclic) bond motifs is 1. The average Bonchev–Trinajstić information content (AvgIpc) is 3.15. The minimum absolute atomic E-state index is 0.0596. The van der Waals surface area contributed by atoms with Crippen LogP contribution in [0.25, 0.3) is 4.83 Å². The van der Waals surface area contributed by atoms with Crippen LogP contribution in [0.3, 0.4) is 0 Å². The summed E-state index contributed by atoms with van der Waals surface area (Å²) in [5.41, 5.74) is 1.19. The Morgan fingerprint density at radius 2 is 2.25 bits per heavy atom. The minimum atomic E-state index is -0.0722. The first-order valence-electron chi connectivity index (χ1n) is 8.15. The van der Waals surface area contributed by atoms with Gasteiger partial charge in [-0.15, -0.1) is 5.10 Å². The SMILES string of the molecule is CCN(CC(C)C1=CC=C(F)CC1)C(=O)c1nn2c(C)ncc2s1. The lowest BCUT2D eigenvalue weighted by molar-refractivity contribution is 0.0747. The lowest BCUT2D eigenvalue weighted by Gasteiger charge is -2.26.